The number of carbonyl (C=O) groups excluding carboxylic acids is 2. The molecular weight excluding hydrogens is 454 g/mol. The zero-order valence-electron chi connectivity index (χ0n) is 21.5. The number of pyridine rings is 1. The van der Waals surface area contributed by atoms with Crippen LogP contribution in [0.1, 0.15) is 71.3 Å². The van der Waals surface area contributed by atoms with Crippen molar-refractivity contribution in [3.05, 3.63) is 75.7 Å². The van der Waals surface area contributed by atoms with Crippen LogP contribution >= 0.6 is 0 Å². The topological polar surface area (TPSA) is 80.6 Å². The SMILES string of the molecule is COc1ccc2cc([C@@H](C)NC(=O)c3cn(CC4CCCCC4)cc(C(=O)N(C)C)c3=O)ccc2c1. The number of aromatic nitrogens is 1. The first-order valence-corrected chi connectivity index (χ1v) is 12.6. The second kappa shape index (κ2) is 11.0. The van der Waals surface area contributed by atoms with E-state index in [4.69, 9.17) is 4.74 Å². The molecule has 0 radical (unpaired) electrons. The van der Waals surface area contributed by atoms with E-state index in [-0.39, 0.29) is 17.2 Å². The molecule has 7 nitrogen and oxygen atoms in total. The van der Waals surface area contributed by atoms with Crippen molar-refractivity contribution >= 4 is 22.6 Å². The number of hydrogen-bond donors (Lipinski definition) is 1. The number of nitrogens with zero attached hydrogens (tertiary/aromatic N) is 2. The molecular formula is C29H35N3O4. The fourth-order valence-corrected chi connectivity index (χ4v) is 4.96. The Morgan fingerprint density at radius 2 is 1.69 bits per heavy atom. The van der Waals surface area contributed by atoms with Crippen LogP contribution in [0.5, 0.6) is 5.75 Å². The molecule has 1 fully saturated rings. The number of fused-ring (bicyclic) bond motifs is 1. The van der Waals surface area contributed by atoms with Crippen LogP contribution < -0.4 is 15.5 Å². The van der Waals surface area contributed by atoms with Gasteiger partial charge in [0.15, 0.2) is 0 Å². The number of rotatable bonds is 7. The first-order chi connectivity index (χ1) is 17.3. The van der Waals surface area contributed by atoms with Gasteiger partial charge in [0.05, 0.1) is 13.2 Å². The van der Waals surface area contributed by atoms with Crippen molar-refractivity contribution in [2.24, 2.45) is 5.92 Å². The molecule has 0 saturated heterocycles. The Balaban J connectivity index is 1.61. The molecule has 0 aliphatic heterocycles. The zero-order chi connectivity index (χ0) is 25.8. The minimum atomic E-state index is -0.538. The third-order valence-corrected chi connectivity index (χ3v) is 7.07. The van der Waals surface area contributed by atoms with E-state index in [2.05, 4.69) is 5.32 Å². The molecule has 1 aliphatic rings. The fourth-order valence-electron chi connectivity index (χ4n) is 4.96. The molecule has 2 amide bonds. The quantitative estimate of drug-likeness (QED) is 0.518. The minimum absolute atomic E-state index is 0.00381. The summed E-state index contributed by atoms with van der Waals surface area (Å²) in [5.41, 5.74) is 0.402. The molecule has 0 spiro atoms. The molecule has 1 N–H and O–H groups in total. The van der Waals surface area contributed by atoms with Crippen LogP contribution in [0.15, 0.2) is 53.6 Å². The predicted octanol–water partition coefficient (Wildman–Crippen LogP) is 4.78. The molecule has 1 aliphatic carbocycles. The molecule has 3 aromatic rings. The Hall–Kier alpha value is -3.61. The number of ether oxygens (including phenoxy) is 1. The van der Waals surface area contributed by atoms with E-state index in [1.54, 1.807) is 33.6 Å². The molecule has 7 heteroatoms. The van der Waals surface area contributed by atoms with Gasteiger partial charge in [-0.2, -0.15) is 0 Å². The molecule has 1 heterocycles. The molecule has 1 aromatic heterocycles. The van der Waals surface area contributed by atoms with Crippen molar-refractivity contribution in [2.75, 3.05) is 21.2 Å². The van der Waals surface area contributed by atoms with Gasteiger partial charge < -0.3 is 19.5 Å². The summed E-state index contributed by atoms with van der Waals surface area (Å²) in [6.45, 7) is 2.58. The van der Waals surface area contributed by atoms with E-state index in [1.807, 2.05) is 47.9 Å². The zero-order valence-corrected chi connectivity index (χ0v) is 21.5. The van der Waals surface area contributed by atoms with E-state index < -0.39 is 17.2 Å². The normalized spacial score (nSPS) is 14.9. The summed E-state index contributed by atoms with van der Waals surface area (Å²) >= 11 is 0. The highest BCUT2D eigenvalue weighted by molar-refractivity contribution is 5.99. The highest BCUT2D eigenvalue weighted by Gasteiger charge is 2.23. The summed E-state index contributed by atoms with van der Waals surface area (Å²) in [6.07, 6.45) is 9.09. The first kappa shape index (κ1) is 25.5. The Kier molecular flexibility index (Phi) is 7.77. The second-order valence-electron chi connectivity index (χ2n) is 9.98. The van der Waals surface area contributed by atoms with Crippen LogP contribution in [0.3, 0.4) is 0 Å². The largest absolute Gasteiger partial charge is 0.497 e. The summed E-state index contributed by atoms with van der Waals surface area (Å²) in [6, 6.07) is 11.5. The highest BCUT2D eigenvalue weighted by atomic mass is 16.5. The first-order valence-electron chi connectivity index (χ1n) is 12.6. The van der Waals surface area contributed by atoms with Gasteiger partial charge in [0.2, 0.25) is 5.43 Å². The number of nitrogens with one attached hydrogen (secondary N) is 1. The van der Waals surface area contributed by atoms with E-state index in [1.165, 1.54) is 24.2 Å². The van der Waals surface area contributed by atoms with Crippen molar-refractivity contribution in [2.45, 2.75) is 51.6 Å². The summed E-state index contributed by atoms with van der Waals surface area (Å²) in [5, 5.41) is 5.03. The standard InChI is InChI=1S/C29H35N3O4/c1-19(21-10-11-23-15-24(36-4)13-12-22(23)14-21)30-28(34)25-17-32(16-20-8-6-5-7-9-20)18-26(27(25)33)29(35)31(2)3/h10-15,17-20H,5-9,16H2,1-4H3,(H,30,34)/t19-/m1/s1. The van der Waals surface area contributed by atoms with Crippen LogP contribution in [0.25, 0.3) is 10.8 Å². The summed E-state index contributed by atoms with van der Waals surface area (Å²) in [5.74, 6) is 0.390. The van der Waals surface area contributed by atoms with Gasteiger partial charge in [-0.3, -0.25) is 14.4 Å². The van der Waals surface area contributed by atoms with Gasteiger partial charge in [-0.15, -0.1) is 0 Å². The number of hydrogen-bond acceptors (Lipinski definition) is 4. The number of amides is 2. The van der Waals surface area contributed by atoms with Crippen LogP contribution in [-0.2, 0) is 6.54 Å². The maximum atomic E-state index is 13.3. The number of carbonyl (C=O) groups is 2. The van der Waals surface area contributed by atoms with Crippen molar-refractivity contribution < 1.29 is 14.3 Å². The Morgan fingerprint density at radius 1 is 1.03 bits per heavy atom. The van der Waals surface area contributed by atoms with E-state index in [0.29, 0.717) is 12.5 Å². The van der Waals surface area contributed by atoms with Gasteiger partial charge in [-0.05, 0) is 60.2 Å². The van der Waals surface area contributed by atoms with E-state index in [9.17, 15) is 14.4 Å². The van der Waals surface area contributed by atoms with Crippen LogP contribution in [0, 0.1) is 5.92 Å². The summed E-state index contributed by atoms with van der Waals surface area (Å²) in [7, 11) is 4.85. The molecule has 0 bridgehead atoms. The molecule has 4 rings (SSSR count). The molecule has 2 aromatic carbocycles. The average molecular weight is 490 g/mol. The van der Waals surface area contributed by atoms with Gasteiger partial charge in [-0.1, -0.05) is 37.5 Å². The average Bonchev–Trinajstić information content (AvgIpc) is 2.88. The lowest BCUT2D eigenvalue weighted by molar-refractivity contribution is 0.0825. The molecule has 1 saturated carbocycles. The van der Waals surface area contributed by atoms with Crippen LogP contribution in [-0.4, -0.2) is 42.5 Å². The monoisotopic (exact) mass is 489 g/mol. The maximum Gasteiger partial charge on any atom is 0.258 e. The lowest BCUT2D eigenvalue weighted by atomic mass is 9.89. The third kappa shape index (κ3) is 5.61. The molecule has 190 valence electrons. The Labute approximate surface area is 212 Å². The Morgan fingerprint density at radius 3 is 2.39 bits per heavy atom. The number of methoxy groups -OCH3 is 1. The van der Waals surface area contributed by atoms with E-state index >= 15 is 0 Å². The van der Waals surface area contributed by atoms with Gasteiger partial charge in [0.1, 0.15) is 16.9 Å². The second-order valence-corrected chi connectivity index (χ2v) is 9.98. The Bertz CT molecular complexity index is 1320. The fraction of sp³-hybridized carbons (Fsp3) is 0.414. The molecule has 0 unspecified atom stereocenters. The van der Waals surface area contributed by atoms with Gasteiger partial charge in [0, 0.05) is 33.0 Å². The lowest BCUT2D eigenvalue weighted by Gasteiger charge is -2.24. The number of benzene rings is 2. The van der Waals surface area contributed by atoms with Crippen molar-refractivity contribution in [3.63, 3.8) is 0 Å². The predicted molar refractivity (Wildman–Crippen MR) is 142 cm³/mol. The summed E-state index contributed by atoms with van der Waals surface area (Å²) in [4.78, 5) is 40.7. The summed E-state index contributed by atoms with van der Waals surface area (Å²) < 4.78 is 7.15. The van der Waals surface area contributed by atoms with Gasteiger partial charge in [0.25, 0.3) is 11.8 Å². The van der Waals surface area contributed by atoms with Gasteiger partial charge >= 0.3 is 0 Å². The highest BCUT2D eigenvalue weighted by Crippen LogP contribution is 2.26. The van der Waals surface area contributed by atoms with Crippen molar-refractivity contribution in [1.82, 2.24) is 14.8 Å². The van der Waals surface area contributed by atoms with Crippen LogP contribution in [0.4, 0.5) is 0 Å². The maximum absolute atomic E-state index is 13.3. The van der Waals surface area contributed by atoms with E-state index in [0.717, 1.165) is 34.9 Å². The lowest BCUT2D eigenvalue weighted by Crippen LogP contribution is -2.36. The smallest absolute Gasteiger partial charge is 0.258 e. The minimum Gasteiger partial charge on any atom is -0.497 e. The van der Waals surface area contributed by atoms with Crippen LogP contribution in [0.2, 0.25) is 0 Å². The van der Waals surface area contributed by atoms with Gasteiger partial charge in [-0.25, -0.2) is 0 Å². The van der Waals surface area contributed by atoms with Crippen molar-refractivity contribution in [1.29, 1.82) is 0 Å². The van der Waals surface area contributed by atoms with Crippen molar-refractivity contribution in [3.8, 4) is 5.75 Å². The molecule has 36 heavy (non-hydrogen) atoms. The molecule has 1 atom stereocenters. The third-order valence-electron chi connectivity index (χ3n) is 7.07.